The number of hydrogen-bond donors (Lipinski definition) is 0. The summed E-state index contributed by atoms with van der Waals surface area (Å²) in [5.74, 6) is 1.32. The summed E-state index contributed by atoms with van der Waals surface area (Å²) in [4.78, 5) is 28.6. The predicted molar refractivity (Wildman–Crippen MR) is 140 cm³/mol. The van der Waals surface area contributed by atoms with E-state index in [2.05, 4.69) is 16.3 Å². The number of methoxy groups -OCH3 is 1. The van der Waals surface area contributed by atoms with Crippen LogP contribution in [0.4, 0.5) is 5.69 Å². The van der Waals surface area contributed by atoms with E-state index in [-0.39, 0.29) is 17.2 Å². The third-order valence-corrected chi connectivity index (χ3v) is 7.38. The Morgan fingerprint density at radius 1 is 1.00 bits per heavy atom. The molecule has 0 radical (unpaired) electrons. The molecule has 0 spiro atoms. The number of carbonyl (C=O) groups excluding carboxylic acids is 1. The maximum Gasteiger partial charge on any atom is 0.267 e. The topological polar surface area (TPSA) is 81.7 Å². The van der Waals surface area contributed by atoms with E-state index in [9.17, 15) is 9.59 Å². The van der Waals surface area contributed by atoms with Gasteiger partial charge in [-0.25, -0.2) is 4.57 Å². The molecular formula is C27H23N5O3S. The number of thioether (sulfide) groups is 1. The first-order valence-electron chi connectivity index (χ1n) is 11.7. The van der Waals surface area contributed by atoms with Crippen LogP contribution in [0.2, 0.25) is 0 Å². The molecule has 36 heavy (non-hydrogen) atoms. The van der Waals surface area contributed by atoms with Crippen molar-refractivity contribution < 1.29 is 9.53 Å². The van der Waals surface area contributed by atoms with Crippen molar-refractivity contribution in [2.24, 2.45) is 0 Å². The lowest BCUT2D eigenvalue weighted by molar-refractivity contribution is -0.116. The van der Waals surface area contributed by atoms with Crippen LogP contribution >= 0.6 is 11.8 Å². The summed E-state index contributed by atoms with van der Waals surface area (Å²) in [6.07, 6.45) is 1.93. The molecule has 0 saturated heterocycles. The van der Waals surface area contributed by atoms with Crippen molar-refractivity contribution in [3.8, 4) is 11.4 Å². The van der Waals surface area contributed by atoms with Crippen LogP contribution in [-0.2, 0) is 11.2 Å². The van der Waals surface area contributed by atoms with E-state index in [4.69, 9.17) is 4.74 Å². The zero-order chi connectivity index (χ0) is 24.6. The van der Waals surface area contributed by atoms with Crippen LogP contribution in [0, 0.1) is 0 Å². The molecule has 180 valence electrons. The van der Waals surface area contributed by atoms with Crippen LogP contribution in [0.25, 0.3) is 22.4 Å². The average Bonchev–Trinajstić information content (AvgIpc) is 3.35. The van der Waals surface area contributed by atoms with Crippen LogP contribution in [0.1, 0.15) is 12.0 Å². The molecule has 1 amide bonds. The Morgan fingerprint density at radius 3 is 2.61 bits per heavy atom. The maximum absolute atomic E-state index is 13.5. The molecule has 3 aromatic carbocycles. The first-order chi connectivity index (χ1) is 17.7. The predicted octanol–water partition coefficient (Wildman–Crippen LogP) is 4.11. The number of hydrogen-bond acceptors (Lipinski definition) is 6. The summed E-state index contributed by atoms with van der Waals surface area (Å²) in [7, 11) is 1.60. The Labute approximate surface area is 211 Å². The lowest BCUT2D eigenvalue weighted by Gasteiger charge is -2.29. The van der Waals surface area contributed by atoms with Crippen molar-refractivity contribution in [3.05, 3.63) is 88.7 Å². The Balaban J connectivity index is 1.40. The molecule has 0 unspecified atom stereocenters. The van der Waals surface area contributed by atoms with Gasteiger partial charge < -0.3 is 9.64 Å². The molecule has 0 N–H and O–H groups in total. The van der Waals surface area contributed by atoms with Crippen LogP contribution in [0.5, 0.6) is 5.75 Å². The van der Waals surface area contributed by atoms with E-state index in [1.54, 1.807) is 29.9 Å². The number of fused-ring (bicyclic) bond motifs is 4. The highest BCUT2D eigenvalue weighted by Crippen LogP contribution is 2.29. The van der Waals surface area contributed by atoms with Crippen LogP contribution in [0.3, 0.4) is 0 Å². The zero-order valence-electron chi connectivity index (χ0n) is 19.6. The smallest absolute Gasteiger partial charge is 0.267 e. The van der Waals surface area contributed by atoms with E-state index < -0.39 is 0 Å². The molecule has 8 nitrogen and oxygen atoms in total. The van der Waals surface area contributed by atoms with Gasteiger partial charge in [-0.15, -0.1) is 10.2 Å². The molecule has 3 heterocycles. The monoisotopic (exact) mass is 497 g/mol. The lowest BCUT2D eigenvalue weighted by Crippen LogP contribution is -2.36. The van der Waals surface area contributed by atoms with Crippen LogP contribution in [0.15, 0.2) is 82.7 Å². The number of aryl methyl sites for hydroxylation is 1. The Bertz CT molecular complexity index is 1660. The fourth-order valence-corrected chi connectivity index (χ4v) is 5.55. The first-order valence-corrected chi connectivity index (χ1v) is 12.7. The van der Waals surface area contributed by atoms with Gasteiger partial charge in [-0.05, 0) is 60.9 Å². The minimum Gasteiger partial charge on any atom is -0.497 e. The molecule has 1 aliphatic rings. The van der Waals surface area contributed by atoms with Gasteiger partial charge in [0.25, 0.3) is 5.56 Å². The van der Waals surface area contributed by atoms with Gasteiger partial charge in [0.05, 0.1) is 29.5 Å². The van der Waals surface area contributed by atoms with E-state index in [0.717, 1.165) is 18.5 Å². The van der Waals surface area contributed by atoms with Gasteiger partial charge in [0.15, 0.2) is 5.16 Å². The second-order valence-electron chi connectivity index (χ2n) is 8.54. The minimum atomic E-state index is -0.187. The number of aromatic nitrogens is 4. The highest BCUT2D eigenvalue weighted by atomic mass is 32.2. The molecule has 0 aliphatic carbocycles. The van der Waals surface area contributed by atoms with Crippen molar-refractivity contribution >= 4 is 40.0 Å². The van der Waals surface area contributed by atoms with Crippen molar-refractivity contribution in [3.63, 3.8) is 0 Å². The standard InChI is InChI=1S/C27H23N5O3S/c1-35-20-14-12-19(13-15-20)31-25(34)21-9-3-5-11-23(21)32-26(31)28-29-27(32)36-17-24(33)30-16-6-8-18-7-2-4-10-22(18)30/h2-5,7,9-15H,6,8,16-17H2,1H3. The lowest BCUT2D eigenvalue weighted by atomic mass is 10.0. The molecule has 2 aromatic heterocycles. The van der Waals surface area contributed by atoms with Crippen molar-refractivity contribution in [2.75, 3.05) is 24.3 Å². The van der Waals surface area contributed by atoms with Crippen LogP contribution < -0.4 is 15.2 Å². The molecular weight excluding hydrogens is 474 g/mol. The van der Waals surface area contributed by atoms with Crippen molar-refractivity contribution in [1.82, 2.24) is 19.2 Å². The third kappa shape index (κ3) is 3.72. The van der Waals surface area contributed by atoms with E-state index in [0.29, 0.717) is 39.8 Å². The second-order valence-corrected chi connectivity index (χ2v) is 9.48. The number of rotatable bonds is 5. The summed E-state index contributed by atoms with van der Waals surface area (Å²) < 4.78 is 8.66. The molecule has 0 atom stereocenters. The Hall–Kier alpha value is -4.11. The molecule has 6 rings (SSSR count). The molecule has 0 bridgehead atoms. The van der Waals surface area contributed by atoms with Gasteiger partial charge in [0.2, 0.25) is 11.7 Å². The summed E-state index contributed by atoms with van der Waals surface area (Å²) >= 11 is 1.33. The normalized spacial score (nSPS) is 13.2. The van der Waals surface area contributed by atoms with E-state index in [1.807, 2.05) is 57.8 Å². The molecule has 5 aromatic rings. The first kappa shape index (κ1) is 22.4. The second kappa shape index (κ2) is 9.16. The summed E-state index contributed by atoms with van der Waals surface area (Å²) in [6.45, 7) is 0.705. The number of nitrogens with zero attached hydrogens (tertiary/aromatic N) is 5. The Morgan fingerprint density at radius 2 is 1.78 bits per heavy atom. The van der Waals surface area contributed by atoms with Gasteiger partial charge in [0.1, 0.15) is 5.75 Å². The number of amides is 1. The van der Waals surface area contributed by atoms with E-state index >= 15 is 0 Å². The summed E-state index contributed by atoms with van der Waals surface area (Å²) in [6, 6.07) is 22.7. The van der Waals surface area contributed by atoms with Gasteiger partial charge in [-0.3, -0.25) is 14.0 Å². The van der Waals surface area contributed by atoms with Crippen molar-refractivity contribution in [2.45, 2.75) is 18.0 Å². The van der Waals surface area contributed by atoms with Crippen LogP contribution in [-0.4, -0.2) is 44.5 Å². The molecule has 0 saturated carbocycles. The number of para-hydroxylation sites is 2. The van der Waals surface area contributed by atoms with Crippen molar-refractivity contribution in [1.29, 1.82) is 0 Å². The number of anilines is 1. The number of carbonyl (C=O) groups is 1. The maximum atomic E-state index is 13.5. The molecule has 0 fully saturated rings. The summed E-state index contributed by atoms with van der Waals surface area (Å²) in [5, 5.41) is 9.86. The fourth-order valence-electron chi connectivity index (χ4n) is 4.73. The summed E-state index contributed by atoms with van der Waals surface area (Å²) in [5.41, 5.74) is 3.35. The zero-order valence-corrected chi connectivity index (χ0v) is 20.4. The molecule has 9 heteroatoms. The fraction of sp³-hybridized carbons (Fsp3) is 0.185. The quantitative estimate of drug-likeness (QED) is 0.340. The molecule has 1 aliphatic heterocycles. The largest absolute Gasteiger partial charge is 0.497 e. The SMILES string of the molecule is COc1ccc(-n2c(=O)c3ccccc3n3c(SCC(=O)N4CCCc5ccccc54)nnc23)cc1. The van der Waals surface area contributed by atoms with Gasteiger partial charge in [-0.1, -0.05) is 42.1 Å². The number of ether oxygens (including phenoxy) is 1. The minimum absolute atomic E-state index is 0.0247. The highest BCUT2D eigenvalue weighted by molar-refractivity contribution is 7.99. The van der Waals surface area contributed by atoms with Gasteiger partial charge >= 0.3 is 0 Å². The van der Waals surface area contributed by atoms with Gasteiger partial charge in [0, 0.05) is 12.2 Å². The highest BCUT2D eigenvalue weighted by Gasteiger charge is 2.24. The third-order valence-electron chi connectivity index (χ3n) is 6.46. The Kier molecular flexibility index (Phi) is 5.69. The number of benzene rings is 3. The van der Waals surface area contributed by atoms with E-state index in [1.165, 1.54) is 17.3 Å². The van der Waals surface area contributed by atoms with Gasteiger partial charge in [-0.2, -0.15) is 0 Å². The average molecular weight is 498 g/mol.